The van der Waals surface area contributed by atoms with Gasteiger partial charge >= 0.3 is 6.03 Å². The molecule has 1 aliphatic rings. The number of ether oxygens (including phenoxy) is 2. The first-order chi connectivity index (χ1) is 12.2. The van der Waals surface area contributed by atoms with Crippen LogP contribution in [0.2, 0.25) is 0 Å². The molecule has 0 radical (unpaired) electrons. The minimum Gasteiger partial charge on any atom is -0.489 e. The molecule has 0 spiro atoms. The highest BCUT2D eigenvalue weighted by atomic mass is 16.5. The highest BCUT2D eigenvalue weighted by Crippen LogP contribution is 2.18. The summed E-state index contributed by atoms with van der Waals surface area (Å²) in [6.45, 7) is 3.20. The van der Waals surface area contributed by atoms with E-state index in [-0.39, 0.29) is 18.2 Å². The van der Waals surface area contributed by atoms with Crippen molar-refractivity contribution in [2.45, 2.75) is 38.5 Å². The van der Waals surface area contributed by atoms with E-state index in [1.807, 2.05) is 43.3 Å². The van der Waals surface area contributed by atoms with Gasteiger partial charge in [0, 0.05) is 30.3 Å². The van der Waals surface area contributed by atoms with Crippen molar-refractivity contribution in [3.63, 3.8) is 0 Å². The van der Waals surface area contributed by atoms with E-state index in [0.29, 0.717) is 12.3 Å². The third-order valence-electron chi connectivity index (χ3n) is 4.12. The van der Waals surface area contributed by atoms with E-state index in [1.165, 1.54) is 0 Å². The normalized spacial score (nSPS) is 17.7. The molecule has 0 unspecified atom stereocenters. The smallest absolute Gasteiger partial charge is 0.319 e. The summed E-state index contributed by atoms with van der Waals surface area (Å²) in [6, 6.07) is 10.9. The second kappa shape index (κ2) is 8.48. The maximum absolute atomic E-state index is 12.1. The summed E-state index contributed by atoms with van der Waals surface area (Å²) < 4.78 is 11.3. The van der Waals surface area contributed by atoms with Crippen LogP contribution in [0.25, 0.3) is 0 Å². The Labute approximate surface area is 147 Å². The van der Waals surface area contributed by atoms with Crippen LogP contribution in [-0.4, -0.2) is 29.8 Å². The molecule has 2 N–H and O–H groups in total. The van der Waals surface area contributed by atoms with E-state index in [0.717, 1.165) is 30.8 Å². The number of benzene rings is 1. The van der Waals surface area contributed by atoms with E-state index in [9.17, 15) is 4.79 Å². The van der Waals surface area contributed by atoms with E-state index in [1.54, 1.807) is 12.4 Å². The van der Waals surface area contributed by atoms with Crippen LogP contribution in [0.3, 0.4) is 0 Å². The van der Waals surface area contributed by atoms with Gasteiger partial charge in [0.2, 0.25) is 0 Å². The molecule has 6 nitrogen and oxygen atoms in total. The molecule has 0 bridgehead atoms. The van der Waals surface area contributed by atoms with E-state index in [2.05, 4.69) is 15.6 Å². The quantitative estimate of drug-likeness (QED) is 0.845. The average Bonchev–Trinajstić information content (AvgIpc) is 3.17. The number of hydrogen-bond donors (Lipinski definition) is 2. The predicted octanol–water partition coefficient (Wildman–Crippen LogP) is 3.35. The van der Waals surface area contributed by atoms with Crippen molar-refractivity contribution in [3.8, 4) is 5.75 Å². The SMILES string of the molecule is C[C@H](NC(=O)Nc1ccc(OCc2cccnc2)cc1)[C@H]1CCCO1. The summed E-state index contributed by atoms with van der Waals surface area (Å²) in [4.78, 5) is 16.1. The van der Waals surface area contributed by atoms with Crippen LogP contribution in [0.1, 0.15) is 25.3 Å². The molecule has 2 atom stereocenters. The number of urea groups is 1. The van der Waals surface area contributed by atoms with Crippen LogP contribution in [0, 0.1) is 0 Å². The van der Waals surface area contributed by atoms with Crippen molar-refractivity contribution in [1.82, 2.24) is 10.3 Å². The Kier molecular flexibility index (Phi) is 5.85. The van der Waals surface area contributed by atoms with E-state index in [4.69, 9.17) is 9.47 Å². The molecule has 0 aliphatic carbocycles. The number of amides is 2. The van der Waals surface area contributed by atoms with Crippen LogP contribution in [0.15, 0.2) is 48.8 Å². The minimum atomic E-state index is -0.230. The summed E-state index contributed by atoms with van der Waals surface area (Å²) in [5, 5.41) is 5.74. The molecule has 1 aromatic heterocycles. The summed E-state index contributed by atoms with van der Waals surface area (Å²) in [5.41, 5.74) is 1.72. The van der Waals surface area contributed by atoms with E-state index < -0.39 is 0 Å². The van der Waals surface area contributed by atoms with Crippen LogP contribution in [0.5, 0.6) is 5.75 Å². The number of aromatic nitrogens is 1. The molecular formula is C19H23N3O3. The van der Waals surface area contributed by atoms with Gasteiger partial charge in [-0.05, 0) is 50.1 Å². The summed E-state index contributed by atoms with van der Waals surface area (Å²) >= 11 is 0. The Balaban J connectivity index is 1.46. The van der Waals surface area contributed by atoms with Crippen molar-refractivity contribution < 1.29 is 14.3 Å². The van der Waals surface area contributed by atoms with Gasteiger partial charge in [-0.2, -0.15) is 0 Å². The van der Waals surface area contributed by atoms with Crippen molar-refractivity contribution in [1.29, 1.82) is 0 Å². The van der Waals surface area contributed by atoms with Crippen LogP contribution < -0.4 is 15.4 Å². The number of nitrogens with zero attached hydrogens (tertiary/aromatic N) is 1. The average molecular weight is 341 g/mol. The molecule has 1 fully saturated rings. The van der Waals surface area contributed by atoms with Crippen LogP contribution in [0.4, 0.5) is 10.5 Å². The van der Waals surface area contributed by atoms with Crippen LogP contribution in [-0.2, 0) is 11.3 Å². The van der Waals surface area contributed by atoms with Gasteiger partial charge < -0.3 is 20.1 Å². The molecule has 25 heavy (non-hydrogen) atoms. The number of hydrogen-bond acceptors (Lipinski definition) is 4. The van der Waals surface area contributed by atoms with Crippen molar-refractivity contribution in [3.05, 3.63) is 54.4 Å². The molecule has 132 valence electrons. The number of anilines is 1. The Hall–Kier alpha value is -2.60. The first-order valence-electron chi connectivity index (χ1n) is 8.51. The number of pyridine rings is 1. The fourth-order valence-electron chi connectivity index (χ4n) is 2.75. The number of carbonyl (C=O) groups is 1. The second-order valence-electron chi connectivity index (χ2n) is 6.11. The fraction of sp³-hybridized carbons (Fsp3) is 0.368. The minimum absolute atomic E-state index is 0.00964. The lowest BCUT2D eigenvalue weighted by Gasteiger charge is -2.20. The topological polar surface area (TPSA) is 72.5 Å². The molecule has 1 aromatic carbocycles. The molecule has 0 saturated carbocycles. The van der Waals surface area contributed by atoms with Gasteiger partial charge in [-0.25, -0.2) is 4.79 Å². The fourth-order valence-corrected chi connectivity index (χ4v) is 2.75. The first-order valence-corrected chi connectivity index (χ1v) is 8.51. The monoisotopic (exact) mass is 341 g/mol. The van der Waals surface area contributed by atoms with Crippen LogP contribution >= 0.6 is 0 Å². The van der Waals surface area contributed by atoms with Gasteiger partial charge in [0.25, 0.3) is 0 Å². The lowest BCUT2D eigenvalue weighted by atomic mass is 10.1. The third kappa shape index (κ3) is 5.19. The van der Waals surface area contributed by atoms with Gasteiger partial charge in [-0.1, -0.05) is 6.07 Å². The van der Waals surface area contributed by atoms with Crippen molar-refractivity contribution >= 4 is 11.7 Å². The highest BCUT2D eigenvalue weighted by molar-refractivity contribution is 5.89. The molecule has 2 aromatic rings. The summed E-state index contributed by atoms with van der Waals surface area (Å²) in [7, 11) is 0. The number of rotatable bonds is 6. The maximum atomic E-state index is 12.1. The number of nitrogens with one attached hydrogen (secondary N) is 2. The molecule has 2 amide bonds. The zero-order valence-electron chi connectivity index (χ0n) is 14.3. The molecule has 2 heterocycles. The Bertz CT molecular complexity index is 670. The van der Waals surface area contributed by atoms with Gasteiger partial charge in [0.05, 0.1) is 12.1 Å². The zero-order chi connectivity index (χ0) is 17.5. The number of carbonyl (C=O) groups excluding carboxylic acids is 1. The van der Waals surface area contributed by atoms with Gasteiger partial charge in [-0.15, -0.1) is 0 Å². The molecule has 6 heteroatoms. The standard InChI is InChI=1S/C19H23N3O3/c1-14(18-5-3-11-24-18)21-19(23)22-16-6-8-17(9-7-16)25-13-15-4-2-10-20-12-15/h2,4,6-10,12,14,18H,3,5,11,13H2,1H3,(H2,21,22,23)/t14-,18+/m0/s1. The third-order valence-corrected chi connectivity index (χ3v) is 4.12. The Morgan fingerprint density at radius 2 is 2.20 bits per heavy atom. The largest absolute Gasteiger partial charge is 0.489 e. The molecule has 1 aliphatic heterocycles. The lowest BCUT2D eigenvalue weighted by molar-refractivity contribution is 0.0868. The Morgan fingerprint density at radius 1 is 1.36 bits per heavy atom. The Morgan fingerprint density at radius 3 is 2.88 bits per heavy atom. The van der Waals surface area contributed by atoms with Gasteiger partial charge in [0.1, 0.15) is 12.4 Å². The lowest BCUT2D eigenvalue weighted by Crippen LogP contribution is -2.42. The molecular weight excluding hydrogens is 318 g/mol. The molecule has 3 rings (SSSR count). The van der Waals surface area contributed by atoms with Crippen molar-refractivity contribution in [2.75, 3.05) is 11.9 Å². The summed E-state index contributed by atoms with van der Waals surface area (Å²) in [6.07, 6.45) is 5.65. The highest BCUT2D eigenvalue weighted by Gasteiger charge is 2.23. The maximum Gasteiger partial charge on any atom is 0.319 e. The first kappa shape index (κ1) is 17.2. The zero-order valence-corrected chi connectivity index (χ0v) is 14.3. The van der Waals surface area contributed by atoms with E-state index >= 15 is 0 Å². The second-order valence-corrected chi connectivity index (χ2v) is 6.11. The van der Waals surface area contributed by atoms with Gasteiger partial charge in [0.15, 0.2) is 0 Å². The van der Waals surface area contributed by atoms with Gasteiger partial charge in [-0.3, -0.25) is 4.98 Å². The van der Waals surface area contributed by atoms with Crippen molar-refractivity contribution in [2.24, 2.45) is 0 Å². The summed E-state index contributed by atoms with van der Waals surface area (Å²) in [5.74, 6) is 0.738. The molecule has 1 saturated heterocycles. The predicted molar refractivity (Wildman–Crippen MR) is 95.6 cm³/mol.